The number of hydrogen-bond acceptors (Lipinski definition) is 3. The van der Waals surface area contributed by atoms with Gasteiger partial charge in [0.05, 0.1) is 6.61 Å². The largest absolute Gasteiger partial charge is 0.494 e. The molecule has 0 heterocycles. The SMILES string of the molecule is CCOc1ccc(OCC(=O)N(Cc2ccccc2F)C2CC2)cc1. The van der Waals surface area contributed by atoms with Crippen LogP contribution in [0.2, 0.25) is 0 Å². The molecule has 1 aliphatic rings. The second-order valence-electron chi connectivity index (χ2n) is 6.04. The Bertz CT molecular complexity index is 713. The molecular weight excluding hydrogens is 321 g/mol. The van der Waals surface area contributed by atoms with Gasteiger partial charge in [-0.05, 0) is 50.1 Å². The van der Waals surface area contributed by atoms with Crippen molar-refractivity contribution in [2.75, 3.05) is 13.2 Å². The van der Waals surface area contributed by atoms with Gasteiger partial charge in [0.25, 0.3) is 5.91 Å². The van der Waals surface area contributed by atoms with E-state index in [1.807, 2.05) is 6.92 Å². The smallest absolute Gasteiger partial charge is 0.261 e. The fourth-order valence-electron chi connectivity index (χ4n) is 2.64. The third kappa shape index (κ3) is 4.72. The van der Waals surface area contributed by atoms with Crippen molar-refractivity contribution in [2.24, 2.45) is 0 Å². The Hall–Kier alpha value is -2.56. The summed E-state index contributed by atoms with van der Waals surface area (Å²) < 4.78 is 24.8. The minimum absolute atomic E-state index is 0.0566. The molecule has 0 aliphatic heterocycles. The lowest BCUT2D eigenvalue weighted by Crippen LogP contribution is -2.36. The van der Waals surface area contributed by atoms with Crippen LogP contribution in [0.3, 0.4) is 0 Å². The number of hydrogen-bond donors (Lipinski definition) is 0. The van der Waals surface area contributed by atoms with E-state index < -0.39 is 0 Å². The van der Waals surface area contributed by atoms with Gasteiger partial charge in [0.15, 0.2) is 6.61 Å². The Balaban J connectivity index is 1.59. The number of rotatable bonds is 8. The maximum Gasteiger partial charge on any atom is 0.261 e. The Morgan fingerprint density at radius 2 is 1.72 bits per heavy atom. The zero-order chi connectivity index (χ0) is 17.6. The maximum atomic E-state index is 13.9. The first-order chi connectivity index (χ1) is 12.2. The van der Waals surface area contributed by atoms with E-state index in [0.29, 0.717) is 17.9 Å². The Kier molecular flexibility index (Phi) is 5.53. The topological polar surface area (TPSA) is 38.8 Å². The van der Waals surface area contributed by atoms with E-state index in [1.165, 1.54) is 6.07 Å². The molecule has 1 amide bonds. The van der Waals surface area contributed by atoms with Gasteiger partial charge in [-0.15, -0.1) is 0 Å². The lowest BCUT2D eigenvalue weighted by molar-refractivity contribution is -0.134. The van der Waals surface area contributed by atoms with Crippen LogP contribution < -0.4 is 9.47 Å². The molecule has 0 N–H and O–H groups in total. The van der Waals surface area contributed by atoms with E-state index in [4.69, 9.17) is 9.47 Å². The fraction of sp³-hybridized carbons (Fsp3) is 0.350. The monoisotopic (exact) mass is 343 g/mol. The number of carbonyl (C=O) groups excluding carboxylic acids is 1. The maximum absolute atomic E-state index is 13.9. The molecule has 25 heavy (non-hydrogen) atoms. The van der Waals surface area contributed by atoms with Gasteiger partial charge in [-0.2, -0.15) is 0 Å². The Morgan fingerprint density at radius 3 is 2.32 bits per heavy atom. The molecule has 0 unspecified atom stereocenters. The number of amides is 1. The van der Waals surface area contributed by atoms with Crippen molar-refractivity contribution in [3.05, 3.63) is 59.9 Å². The van der Waals surface area contributed by atoms with Crippen LogP contribution in [-0.4, -0.2) is 30.1 Å². The van der Waals surface area contributed by atoms with Crippen LogP contribution in [0.5, 0.6) is 11.5 Å². The van der Waals surface area contributed by atoms with Crippen molar-refractivity contribution < 1.29 is 18.7 Å². The predicted molar refractivity (Wildman–Crippen MR) is 93.1 cm³/mol. The lowest BCUT2D eigenvalue weighted by atomic mass is 10.2. The summed E-state index contributed by atoms with van der Waals surface area (Å²) in [5, 5.41) is 0. The van der Waals surface area contributed by atoms with Gasteiger partial charge in [-0.25, -0.2) is 4.39 Å². The average Bonchev–Trinajstić information content (AvgIpc) is 3.45. The number of nitrogens with zero attached hydrogens (tertiary/aromatic N) is 1. The second-order valence-corrected chi connectivity index (χ2v) is 6.04. The summed E-state index contributed by atoms with van der Waals surface area (Å²) in [5.41, 5.74) is 0.531. The van der Waals surface area contributed by atoms with Crippen LogP contribution in [-0.2, 0) is 11.3 Å². The molecule has 3 rings (SSSR count). The van der Waals surface area contributed by atoms with Crippen LogP contribution in [0.1, 0.15) is 25.3 Å². The van der Waals surface area contributed by atoms with E-state index in [2.05, 4.69) is 0 Å². The summed E-state index contributed by atoms with van der Waals surface area (Å²) in [7, 11) is 0. The van der Waals surface area contributed by atoms with Crippen LogP contribution >= 0.6 is 0 Å². The van der Waals surface area contributed by atoms with Crippen molar-refractivity contribution in [3.63, 3.8) is 0 Å². The van der Waals surface area contributed by atoms with Gasteiger partial charge in [-0.1, -0.05) is 18.2 Å². The van der Waals surface area contributed by atoms with E-state index in [9.17, 15) is 9.18 Å². The van der Waals surface area contributed by atoms with Gasteiger partial charge in [0.2, 0.25) is 0 Å². The third-order valence-corrected chi connectivity index (χ3v) is 4.10. The molecule has 0 aromatic heterocycles. The highest BCUT2D eigenvalue weighted by Crippen LogP contribution is 2.29. The zero-order valence-corrected chi connectivity index (χ0v) is 14.3. The van der Waals surface area contributed by atoms with E-state index >= 15 is 0 Å². The minimum atomic E-state index is -0.284. The molecule has 5 heteroatoms. The summed E-state index contributed by atoms with van der Waals surface area (Å²) in [5.74, 6) is 0.965. The quantitative estimate of drug-likeness (QED) is 0.732. The molecular formula is C20H22FNO3. The molecule has 2 aromatic carbocycles. The molecule has 1 saturated carbocycles. The number of benzene rings is 2. The zero-order valence-electron chi connectivity index (χ0n) is 14.3. The third-order valence-electron chi connectivity index (χ3n) is 4.10. The summed E-state index contributed by atoms with van der Waals surface area (Å²) in [6.07, 6.45) is 1.92. The van der Waals surface area contributed by atoms with E-state index in [0.717, 1.165) is 18.6 Å². The predicted octanol–water partition coefficient (Wildman–Crippen LogP) is 3.79. The molecule has 1 fully saturated rings. The summed E-state index contributed by atoms with van der Waals surface area (Å²) >= 11 is 0. The molecule has 0 radical (unpaired) electrons. The normalized spacial score (nSPS) is 13.4. The lowest BCUT2D eigenvalue weighted by Gasteiger charge is -2.23. The van der Waals surface area contributed by atoms with Crippen LogP contribution in [0, 0.1) is 5.82 Å². The standard InChI is InChI=1S/C20H22FNO3/c1-2-24-17-9-11-18(12-10-17)25-14-20(23)22(16-7-8-16)13-15-5-3-4-6-19(15)21/h3-6,9-12,16H,2,7-8,13-14H2,1H3. The molecule has 0 spiro atoms. The van der Waals surface area contributed by atoms with E-state index in [-0.39, 0.29) is 30.9 Å². The molecule has 2 aromatic rings. The first kappa shape index (κ1) is 17.3. The van der Waals surface area contributed by atoms with Gasteiger partial charge in [-0.3, -0.25) is 4.79 Å². The van der Waals surface area contributed by atoms with Crippen molar-refractivity contribution in [1.29, 1.82) is 0 Å². The molecule has 1 aliphatic carbocycles. The van der Waals surface area contributed by atoms with Crippen molar-refractivity contribution in [2.45, 2.75) is 32.4 Å². The van der Waals surface area contributed by atoms with E-state index in [1.54, 1.807) is 47.4 Å². The molecule has 0 bridgehead atoms. The summed E-state index contributed by atoms with van der Waals surface area (Å²) in [6.45, 7) is 2.75. The second kappa shape index (κ2) is 8.01. The van der Waals surface area contributed by atoms with Crippen molar-refractivity contribution >= 4 is 5.91 Å². The number of halogens is 1. The highest BCUT2D eigenvalue weighted by Gasteiger charge is 2.33. The van der Waals surface area contributed by atoms with Gasteiger partial charge in [0.1, 0.15) is 17.3 Å². The first-order valence-electron chi connectivity index (χ1n) is 8.56. The summed E-state index contributed by atoms with van der Waals surface area (Å²) in [6, 6.07) is 13.9. The van der Waals surface area contributed by atoms with Crippen molar-refractivity contribution in [3.8, 4) is 11.5 Å². The number of ether oxygens (including phenoxy) is 2. The molecule has 132 valence electrons. The van der Waals surface area contributed by atoms with Crippen molar-refractivity contribution in [1.82, 2.24) is 4.90 Å². The van der Waals surface area contributed by atoms with Gasteiger partial charge >= 0.3 is 0 Å². The Morgan fingerprint density at radius 1 is 1.08 bits per heavy atom. The van der Waals surface area contributed by atoms with Crippen LogP contribution in [0.25, 0.3) is 0 Å². The molecule has 0 atom stereocenters. The minimum Gasteiger partial charge on any atom is -0.494 e. The summed E-state index contributed by atoms with van der Waals surface area (Å²) in [4.78, 5) is 14.3. The fourth-order valence-corrected chi connectivity index (χ4v) is 2.64. The highest BCUT2D eigenvalue weighted by atomic mass is 19.1. The van der Waals surface area contributed by atoms with Crippen LogP contribution in [0.15, 0.2) is 48.5 Å². The molecule has 0 saturated heterocycles. The average molecular weight is 343 g/mol. The Labute approximate surface area is 147 Å². The first-order valence-corrected chi connectivity index (χ1v) is 8.56. The van der Waals surface area contributed by atoms with Crippen LogP contribution in [0.4, 0.5) is 4.39 Å². The molecule has 4 nitrogen and oxygen atoms in total. The van der Waals surface area contributed by atoms with Gasteiger partial charge < -0.3 is 14.4 Å². The highest BCUT2D eigenvalue weighted by molar-refractivity contribution is 5.78. The van der Waals surface area contributed by atoms with Gasteiger partial charge in [0, 0.05) is 18.2 Å². The number of carbonyl (C=O) groups is 1.